The molecule has 1 heterocycles. The van der Waals surface area contributed by atoms with E-state index in [1.807, 2.05) is 24.4 Å². The van der Waals surface area contributed by atoms with Gasteiger partial charge in [0, 0.05) is 16.0 Å². The van der Waals surface area contributed by atoms with Crippen molar-refractivity contribution in [2.45, 2.75) is 11.8 Å². The van der Waals surface area contributed by atoms with Crippen molar-refractivity contribution in [3.05, 3.63) is 57.9 Å². The molecule has 3 aromatic rings. The van der Waals surface area contributed by atoms with Crippen LogP contribution in [0, 0.1) is 6.92 Å². The lowest BCUT2D eigenvalue weighted by molar-refractivity contribution is 0.403. The van der Waals surface area contributed by atoms with E-state index in [1.54, 1.807) is 18.2 Å². The quantitative estimate of drug-likeness (QED) is 0.687. The summed E-state index contributed by atoms with van der Waals surface area (Å²) in [4.78, 5) is 4.41. The molecule has 0 aliphatic carbocycles. The van der Waals surface area contributed by atoms with Crippen LogP contribution in [0.3, 0.4) is 0 Å². The Bertz CT molecular complexity index is 1020. The number of anilines is 1. The van der Waals surface area contributed by atoms with Gasteiger partial charge in [0.2, 0.25) is 0 Å². The number of aromatic nitrogens is 1. The fourth-order valence-corrected chi connectivity index (χ4v) is 4.47. The van der Waals surface area contributed by atoms with Gasteiger partial charge in [-0.1, -0.05) is 29.8 Å². The number of para-hydroxylation sites is 1. The van der Waals surface area contributed by atoms with Crippen molar-refractivity contribution in [3.63, 3.8) is 0 Å². The number of aryl methyl sites for hydroxylation is 1. The normalized spacial score (nSPS) is 11.3. The van der Waals surface area contributed by atoms with E-state index in [2.05, 4.69) is 9.71 Å². The number of sulfonamides is 1. The topological polar surface area (TPSA) is 68.3 Å². The molecule has 0 aliphatic rings. The van der Waals surface area contributed by atoms with E-state index in [9.17, 15) is 8.42 Å². The number of hydrogen-bond acceptors (Lipinski definition) is 5. The maximum absolute atomic E-state index is 12.9. The maximum Gasteiger partial charge on any atom is 0.265 e. The van der Waals surface area contributed by atoms with Gasteiger partial charge in [0.05, 0.1) is 23.5 Å². The summed E-state index contributed by atoms with van der Waals surface area (Å²) in [5.74, 6) is 0.221. The molecular weight excluding hydrogens is 380 g/mol. The molecule has 1 N–H and O–H groups in total. The molecule has 0 unspecified atom stereocenters. The van der Waals surface area contributed by atoms with Crippen LogP contribution in [0.25, 0.3) is 11.3 Å². The summed E-state index contributed by atoms with van der Waals surface area (Å²) in [6.45, 7) is 1.90. The molecule has 8 heteroatoms. The summed E-state index contributed by atoms with van der Waals surface area (Å²) in [5.41, 5.74) is 1.87. The average Bonchev–Trinajstić information content (AvgIpc) is 3.01. The summed E-state index contributed by atoms with van der Waals surface area (Å²) >= 11 is 7.46. The van der Waals surface area contributed by atoms with Crippen molar-refractivity contribution in [2.75, 3.05) is 11.8 Å². The zero-order chi connectivity index (χ0) is 18.0. The van der Waals surface area contributed by atoms with Gasteiger partial charge >= 0.3 is 0 Å². The summed E-state index contributed by atoms with van der Waals surface area (Å²) in [7, 11) is -2.48. The van der Waals surface area contributed by atoms with Gasteiger partial charge in [-0.2, -0.15) is 0 Å². The summed E-state index contributed by atoms with van der Waals surface area (Å²) in [6, 6.07) is 11.6. The standard InChI is InChI=1S/C17H15ClN2O3S2/c1-11-19-15(10-24-11)13-5-3-4-6-14(13)20-25(21,22)17-9-12(18)7-8-16(17)23-2/h3-10,20H,1-2H3. The third-order valence-electron chi connectivity index (χ3n) is 3.48. The molecule has 0 amide bonds. The highest BCUT2D eigenvalue weighted by Gasteiger charge is 2.22. The van der Waals surface area contributed by atoms with Crippen LogP contribution in [0.5, 0.6) is 5.75 Å². The minimum Gasteiger partial charge on any atom is -0.495 e. The molecular formula is C17H15ClN2O3S2. The summed E-state index contributed by atoms with van der Waals surface area (Å²) in [6.07, 6.45) is 0. The number of nitrogens with zero attached hydrogens (tertiary/aromatic N) is 1. The number of hydrogen-bond donors (Lipinski definition) is 1. The van der Waals surface area contributed by atoms with Crippen LogP contribution in [0.1, 0.15) is 5.01 Å². The number of halogens is 1. The minimum atomic E-state index is -3.89. The van der Waals surface area contributed by atoms with E-state index in [0.717, 1.165) is 10.7 Å². The molecule has 25 heavy (non-hydrogen) atoms. The van der Waals surface area contributed by atoms with Crippen molar-refractivity contribution in [3.8, 4) is 17.0 Å². The smallest absolute Gasteiger partial charge is 0.265 e. The van der Waals surface area contributed by atoms with Gasteiger partial charge in [0.25, 0.3) is 10.0 Å². The van der Waals surface area contributed by atoms with Crippen LogP contribution >= 0.6 is 22.9 Å². The first-order chi connectivity index (χ1) is 11.9. The van der Waals surface area contributed by atoms with Crippen LogP contribution in [0.2, 0.25) is 5.02 Å². The van der Waals surface area contributed by atoms with Gasteiger partial charge in [-0.25, -0.2) is 13.4 Å². The van der Waals surface area contributed by atoms with E-state index >= 15 is 0 Å². The minimum absolute atomic E-state index is 0.0215. The summed E-state index contributed by atoms with van der Waals surface area (Å²) in [5, 5.41) is 3.11. The number of nitrogens with one attached hydrogen (secondary N) is 1. The zero-order valence-corrected chi connectivity index (χ0v) is 15.9. The molecule has 1 aromatic heterocycles. The molecule has 130 valence electrons. The van der Waals surface area contributed by atoms with Crippen LogP contribution < -0.4 is 9.46 Å². The first-order valence-corrected chi connectivity index (χ1v) is 10.0. The molecule has 3 rings (SSSR count). The Morgan fingerprint density at radius 1 is 1.20 bits per heavy atom. The first kappa shape index (κ1) is 17.7. The predicted molar refractivity (Wildman–Crippen MR) is 101 cm³/mol. The zero-order valence-electron chi connectivity index (χ0n) is 13.5. The number of thiazole rings is 1. The molecule has 0 spiro atoms. The van der Waals surface area contributed by atoms with Gasteiger partial charge in [-0.15, -0.1) is 11.3 Å². The highest BCUT2D eigenvalue weighted by molar-refractivity contribution is 7.92. The van der Waals surface area contributed by atoms with E-state index in [-0.39, 0.29) is 10.6 Å². The van der Waals surface area contributed by atoms with E-state index in [1.165, 1.54) is 30.6 Å². The fourth-order valence-electron chi connectivity index (χ4n) is 2.34. The molecule has 0 aliphatic heterocycles. The Kier molecular flexibility index (Phi) is 4.99. The molecule has 0 radical (unpaired) electrons. The number of benzene rings is 2. The maximum atomic E-state index is 12.9. The molecule has 0 saturated heterocycles. The Hall–Kier alpha value is -2.09. The third-order valence-corrected chi connectivity index (χ3v) is 5.88. The second-order valence-electron chi connectivity index (χ2n) is 5.20. The van der Waals surface area contributed by atoms with E-state index < -0.39 is 10.0 Å². The Morgan fingerprint density at radius 2 is 1.96 bits per heavy atom. The lowest BCUT2D eigenvalue weighted by Gasteiger charge is -2.14. The van der Waals surface area contributed by atoms with Crippen LogP contribution in [0.15, 0.2) is 52.7 Å². The monoisotopic (exact) mass is 394 g/mol. The Labute approximate surface area is 155 Å². The molecule has 0 atom stereocenters. The third kappa shape index (κ3) is 3.78. The van der Waals surface area contributed by atoms with Crippen LogP contribution in [0.4, 0.5) is 5.69 Å². The molecule has 2 aromatic carbocycles. The van der Waals surface area contributed by atoms with Crippen molar-refractivity contribution >= 4 is 38.6 Å². The Balaban J connectivity index is 2.04. The molecule has 5 nitrogen and oxygen atoms in total. The van der Waals surface area contributed by atoms with Gasteiger partial charge in [-0.3, -0.25) is 4.72 Å². The van der Waals surface area contributed by atoms with Crippen LogP contribution in [-0.4, -0.2) is 20.5 Å². The molecule has 0 bridgehead atoms. The van der Waals surface area contributed by atoms with Gasteiger partial charge < -0.3 is 4.74 Å². The van der Waals surface area contributed by atoms with Gasteiger partial charge in [-0.05, 0) is 31.2 Å². The van der Waals surface area contributed by atoms with Gasteiger partial charge in [0.15, 0.2) is 0 Å². The van der Waals surface area contributed by atoms with E-state index in [4.69, 9.17) is 16.3 Å². The first-order valence-electron chi connectivity index (χ1n) is 7.28. The van der Waals surface area contributed by atoms with E-state index in [0.29, 0.717) is 16.3 Å². The summed E-state index contributed by atoms with van der Waals surface area (Å²) < 4.78 is 33.5. The average molecular weight is 395 g/mol. The van der Waals surface area contributed by atoms with Gasteiger partial charge in [0.1, 0.15) is 10.6 Å². The highest BCUT2D eigenvalue weighted by atomic mass is 35.5. The Morgan fingerprint density at radius 3 is 2.64 bits per heavy atom. The number of ether oxygens (including phenoxy) is 1. The lowest BCUT2D eigenvalue weighted by Crippen LogP contribution is -2.14. The largest absolute Gasteiger partial charge is 0.495 e. The SMILES string of the molecule is COc1ccc(Cl)cc1S(=O)(=O)Nc1ccccc1-c1csc(C)n1. The number of methoxy groups -OCH3 is 1. The second kappa shape index (κ2) is 7.03. The van der Waals surface area contributed by atoms with Crippen molar-refractivity contribution in [1.29, 1.82) is 0 Å². The fraction of sp³-hybridized carbons (Fsp3) is 0.118. The lowest BCUT2D eigenvalue weighted by atomic mass is 10.1. The van der Waals surface area contributed by atoms with Crippen molar-refractivity contribution < 1.29 is 13.2 Å². The predicted octanol–water partition coefficient (Wildman–Crippen LogP) is 4.58. The second-order valence-corrected chi connectivity index (χ2v) is 8.35. The highest BCUT2D eigenvalue weighted by Crippen LogP contribution is 2.33. The molecule has 0 fully saturated rings. The van der Waals surface area contributed by atoms with Crippen molar-refractivity contribution in [2.24, 2.45) is 0 Å². The van der Waals surface area contributed by atoms with Crippen LogP contribution in [-0.2, 0) is 10.0 Å². The van der Waals surface area contributed by atoms with Crippen molar-refractivity contribution in [1.82, 2.24) is 4.98 Å². The number of rotatable bonds is 5. The molecule has 0 saturated carbocycles.